The fourth-order valence-electron chi connectivity index (χ4n) is 3.05. The highest BCUT2D eigenvalue weighted by Gasteiger charge is 2.22. The fraction of sp³-hybridized carbons (Fsp3) is 0.333. The highest BCUT2D eigenvalue weighted by Crippen LogP contribution is 2.31. The van der Waals surface area contributed by atoms with Crippen LogP contribution in [0.15, 0.2) is 47.4 Å². The van der Waals surface area contributed by atoms with Crippen LogP contribution in [0.25, 0.3) is 10.2 Å². The van der Waals surface area contributed by atoms with Gasteiger partial charge in [-0.15, -0.1) is 0 Å². The van der Waals surface area contributed by atoms with Crippen LogP contribution < -0.4 is 4.90 Å². The Morgan fingerprint density at radius 3 is 2.33 bits per heavy atom. The molecule has 9 heteroatoms. The highest BCUT2D eigenvalue weighted by molar-refractivity contribution is 7.90. The molecule has 0 aliphatic heterocycles. The highest BCUT2D eigenvalue weighted by atomic mass is 35.5. The Morgan fingerprint density at radius 2 is 1.73 bits per heavy atom. The number of rotatable bonds is 8. The molecule has 0 saturated heterocycles. The number of nitrogens with zero attached hydrogens (tertiary/aromatic N) is 3. The number of anilines is 1. The van der Waals surface area contributed by atoms with Crippen LogP contribution in [0.2, 0.25) is 5.02 Å². The summed E-state index contributed by atoms with van der Waals surface area (Å²) in [7, 11) is -3.32. The molecule has 2 aromatic carbocycles. The monoisotopic (exact) mass is 465 g/mol. The summed E-state index contributed by atoms with van der Waals surface area (Å²) in [5.74, 6) is -0.166. The number of amides is 1. The van der Waals surface area contributed by atoms with E-state index >= 15 is 0 Å². The summed E-state index contributed by atoms with van der Waals surface area (Å²) < 4.78 is 24.5. The molecule has 3 rings (SSSR count). The van der Waals surface area contributed by atoms with Gasteiger partial charge in [0.25, 0.3) is 5.91 Å². The van der Waals surface area contributed by atoms with Crippen LogP contribution in [-0.2, 0) is 9.84 Å². The third-order valence-electron chi connectivity index (χ3n) is 4.88. The van der Waals surface area contributed by atoms with E-state index in [-0.39, 0.29) is 10.8 Å². The van der Waals surface area contributed by atoms with Crippen molar-refractivity contribution in [2.75, 3.05) is 37.3 Å². The largest absolute Gasteiger partial charge is 0.302 e. The van der Waals surface area contributed by atoms with Gasteiger partial charge in [-0.2, -0.15) is 0 Å². The van der Waals surface area contributed by atoms with E-state index in [2.05, 4.69) is 23.7 Å². The van der Waals surface area contributed by atoms with Crippen molar-refractivity contribution in [1.29, 1.82) is 0 Å². The number of benzene rings is 2. The van der Waals surface area contributed by atoms with Crippen LogP contribution in [0.5, 0.6) is 0 Å². The lowest BCUT2D eigenvalue weighted by Crippen LogP contribution is -2.38. The lowest BCUT2D eigenvalue weighted by Gasteiger charge is -2.24. The van der Waals surface area contributed by atoms with E-state index < -0.39 is 9.84 Å². The molecule has 0 aliphatic carbocycles. The van der Waals surface area contributed by atoms with Gasteiger partial charge in [0.15, 0.2) is 15.0 Å². The molecule has 1 amide bonds. The standard InChI is InChI=1S/C21H24ClN3O3S2/c1-4-24(5-2)12-13-25(20(26)15-6-8-16(22)9-7-15)21-23-18-11-10-17(30(3,27)28)14-19(18)29-21/h6-11,14H,4-5,12-13H2,1-3H3. The lowest BCUT2D eigenvalue weighted by molar-refractivity contribution is 0.0984. The molecule has 0 N–H and O–H groups in total. The van der Waals surface area contributed by atoms with E-state index in [0.717, 1.165) is 17.8 Å². The van der Waals surface area contributed by atoms with Crippen LogP contribution in [0, 0.1) is 0 Å². The summed E-state index contributed by atoms with van der Waals surface area (Å²) in [5, 5.41) is 1.11. The van der Waals surface area contributed by atoms with Crippen molar-refractivity contribution in [3.05, 3.63) is 53.1 Å². The molecule has 0 aliphatic rings. The SMILES string of the molecule is CCN(CC)CCN(C(=O)c1ccc(Cl)cc1)c1nc2ccc(S(C)(=O)=O)cc2s1. The van der Waals surface area contributed by atoms with Crippen molar-refractivity contribution >= 4 is 54.0 Å². The van der Waals surface area contributed by atoms with Gasteiger partial charge in [0, 0.05) is 29.9 Å². The predicted octanol–water partition coefficient (Wildman–Crippen LogP) is 4.34. The maximum atomic E-state index is 13.3. The maximum absolute atomic E-state index is 13.3. The molecule has 0 radical (unpaired) electrons. The minimum atomic E-state index is -3.32. The molecule has 30 heavy (non-hydrogen) atoms. The first-order valence-electron chi connectivity index (χ1n) is 9.63. The van der Waals surface area contributed by atoms with Gasteiger partial charge < -0.3 is 4.90 Å². The number of thiazole rings is 1. The fourth-order valence-corrected chi connectivity index (χ4v) is 4.93. The lowest BCUT2D eigenvalue weighted by atomic mass is 10.2. The summed E-state index contributed by atoms with van der Waals surface area (Å²) in [6.07, 6.45) is 1.18. The smallest absolute Gasteiger partial charge is 0.260 e. The van der Waals surface area contributed by atoms with Crippen LogP contribution in [0.1, 0.15) is 24.2 Å². The number of carbonyl (C=O) groups excluding carboxylic acids is 1. The number of sulfone groups is 1. The van der Waals surface area contributed by atoms with Crippen molar-refractivity contribution in [3.8, 4) is 0 Å². The number of carbonyl (C=O) groups is 1. The van der Waals surface area contributed by atoms with Gasteiger partial charge in [0.05, 0.1) is 15.1 Å². The number of likely N-dealkylation sites (N-methyl/N-ethyl adjacent to an activating group) is 1. The van der Waals surface area contributed by atoms with E-state index in [1.807, 2.05) is 0 Å². The normalized spacial score (nSPS) is 11.9. The van der Waals surface area contributed by atoms with Crippen LogP contribution in [-0.4, -0.2) is 56.6 Å². The van der Waals surface area contributed by atoms with E-state index in [4.69, 9.17) is 11.6 Å². The Hall–Kier alpha value is -2.00. The van der Waals surface area contributed by atoms with E-state index in [1.54, 1.807) is 47.4 Å². The molecular weight excluding hydrogens is 442 g/mol. The first-order chi connectivity index (χ1) is 14.2. The summed E-state index contributed by atoms with van der Waals surface area (Å²) in [6.45, 7) is 7.12. The quantitative estimate of drug-likeness (QED) is 0.494. The van der Waals surface area contributed by atoms with Gasteiger partial charge in [-0.1, -0.05) is 36.8 Å². The summed E-state index contributed by atoms with van der Waals surface area (Å²) in [5.41, 5.74) is 1.19. The first-order valence-corrected chi connectivity index (χ1v) is 12.7. The molecule has 0 saturated carbocycles. The van der Waals surface area contributed by atoms with Crippen molar-refractivity contribution in [3.63, 3.8) is 0 Å². The van der Waals surface area contributed by atoms with E-state index in [1.165, 1.54) is 17.6 Å². The molecule has 0 bridgehead atoms. The Labute approximate surface area is 186 Å². The molecule has 160 valence electrons. The topological polar surface area (TPSA) is 70.6 Å². The summed E-state index contributed by atoms with van der Waals surface area (Å²) in [4.78, 5) is 22.0. The van der Waals surface area contributed by atoms with Gasteiger partial charge in [0.1, 0.15) is 0 Å². The first kappa shape index (κ1) is 22.7. The second-order valence-corrected chi connectivity index (χ2v) is 10.3. The second-order valence-electron chi connectivity index (χ2n) is 6.89. The van der Waals surface area contributed by atoms with Gasteiger partial charge in [-0.05, 0) is 55.6 Å². The van der Waals surface area contributed by atoms with Crippen molar-refractivity contribution < 1.29 is 13.2 Å². The summed E-state index contributed by atoms with van der Waals surface area (Å²) in [6, 6.07) is 11.6. The average Bonchev–Trinajstić information content (AvgIpc) is 3.13. The zero-order valence-corrected chi connectivity index (χ0v) is 19.5. The van der Waals surface area contributed by atoms with E-state index in [0.29, 0.717) is 34.3 Å². The van der Waals surface area contributed by atoms with E-state index in [9.17, 15) is 13.2 Å². The van der Waals surface area contributed by atoms with Crippen LogP contribution >= 0.6 is 22.9 Å². The zero-order chi connectivity index (χ0) is 21.9. The molecule has 0 spiro atoms. The third kappa shape index (κ3) is 5.18. The van der Waals surface area contributed by atoms with Crippen LogP contribution in [0.4, 0.5) is 5.13 Å². The van der Waals surface area contributed by atoms with Gasteiger partial charge in [0.2, 0.25) is 0 Å². The summed E-state index contributed by atoms with van der Waals surface area (Å²) >= 11 is 7.28. The molecule has 0 fully saturated rings. The van der Waals surface area contributed by atoms with Crippen molar-refractivity contribution in [2.24, 2.45) is 0 Å². The zero-order valence-electron chi connectivity index (χ0n) is 17.1. The minimum absolute atomic E-state index is 0.166. The molecular formula is C21H24ClN3O3S2. The number of halogens is 1. The Morgan fingerprint density at radius 1 is 1.07 bits per heavy atom. The second kappa shape index (κ2) is 9.43. The third-order valence-corrected chi connectivity index (χ3v) is 7.28. The van der Waals surface area contributed by atoms with Gasteiger partial charge >= 0.3 is 0 Å². The van der Waals surface area contributed by atoms with Crippen molar-refractivity contribution in [1.82, 2.24) is 9.88 Å². The number of hydrogen-bond donors (Lipinski definition) is 0. The number of fused-ring (bicyclic) bond motifs is 1. The molecule has 0 atom stereocenters. The molecule has 6 nitrogen and oxygen atoms in total. The Balaban J connectivity index is 1.99. The molecule has 1 heterocycles. The van der Waals surface area contributed by atoms with Gasteiger partial charge in [-0.25, -0.2) is 13.4 Å². The number of aromatic nitrogens is 1. The molecule has 3 aromatic rings. The Bertz CT molecular complexity index is 1140. The van der Waals surface area contributed by atoms with Gasteiger partial charge in [-0.3, -0.25) is 9.69 Å². The Kier molecular flexibility index (Phi) is 7.13. The molecule has 1 aromatic heterocycles. The maximum Gasteiger partial charge on any atom is 0.260 e. The minimum Gasteiger partial charge on any atom is -0.302 e. The number of hydrogen-bond acceptors (Lipinski definition) is 6. The molecule has 0 unspecified atom stereocenters. The van der Waals surface area contributed by atoms with Crippen LogP contribution in [0.3, 0.4) is 0 Å². The average molecular weight is 466 g/mol. The predicted molar refractivity (Wildman–Crippen MR) is 124 cm³/mol. The van der Waals surface area contributed by atoms with Crippen molar-refractivity contribution in [2.45, 2.75) is 18.7 Å².